The lowest BCUT2D eigenvalue weighted by Gasteiger charge is -2.37. The van der Waals surface area contributed by atoms with E-state index in [4.69, 9.17) is 4.74 Å². The summed E-state index contributed by atoms with van der Waals surface area (Å²) in [7, 11) is 1.59. The van der Waals surface area contributed by atoms with Crippen LogP contribution in [0, 0.1) is 0 Å². The average Bonchev–Trinajstić information content (AvgIpc) is 3.12. The summed E-state index contributed by atoms with van der Waals surface area (Å²) in [5.74, 6) is 0.189. The van der Waals surface area contributed by atoms with Gasteiger partial charge in [-0.3, -0.25) is 4.79 Å². The highest BCUT2D eigenvalue weighted by atomic mass is 16.5. The Hall–Kier alpha value is -2.60. The van der Waals surface area contributed by atoms with Crippen LogP contribution in [0.2, 0.25) is 0 Å². The molecule has 2 aromatic rings. The monoisotopic (exact) mass is 342 g/mol. The summed E-state index contributed by atoms with van der Waals surface area (Å²) in [5, 5.41) is 21.1. The minimum Gasteiger partial charge on any atom is -0.505 e. The molecule has 0 spiro atoms. The topological polar surface area (TPSA) is 82.9 Å². The minimum atomic E-state index is -1.22. The fraction of sp³-hybridized carbons (Fsp3) is 0.368. The minimum absolute atomic E-state index is 0.0138. The van der Waals surface area contributed by atoms with E-state index >= 15 is 0 Å². The van der Waals surface area contributed by atoms with Crippen LogP contribution in [0.3, 0.4) is 0 Å². The van der Waals surface area contributed by atoms with E-state index in [9.17, 15) is 15.0 Å². The lowest BCUT2D eigenvalue weighted by Crippen LogP contribution is -2.48. The van der Waals surface area contributed by atoms with Crippen LogP contribution in [0.5, 0.6) is 11.5 Å². The quantitative estimate of drug-likeness (QED) is 0.891. The molecule has 0 saturated carbocycles. The van der Waals surface area contributed by atoms with Gasteiger partial charge in [-0.05, 0) is 49.6 Å². The van der Waals surface area contributed by atoms with Gasteiger partial charge in [0.2, 0.25) is 0 Å². The first-order chi connectivity index (χ1) is 11.9. The molecule has 2 N–H and O–H groups in total. The number of benzene rings is 1. The van der Waals surface area contributed by atoms with Crippen LogP contribution < -0.4 is 4.74 Å². The number of likely N-dealkylation sites (tertiary alicyclic amines) is 1. The summed E-state index contributed by atoms with van der Waals surface area (Å²) >= 11 is 0. The fourth-order valence-electron chi connectivity index (χ4n) is 3.41. The Labute approximate surface area is 146 Å². The molecule has 1 fully saturated rings. The first kappa shape index (κ1) is 17.2. The third-order valence-corrected chi connectivity index (χ3v) is 4.83. The summed E-state index contributed by atoms with van der Waals surface area (Å²) in [5.41, 5.74) is -0.494. The zero-order valence-corrected chi connectivity index (χ0v) is 14.3. The lowest BCUT2D eigenvalue weighted by atomic mass is 9.86. The van der Waals surface area contributed by atoms with E-state index in [2.05, 4.69) is 4.98 Å². The third-order valence-electron chi connectivity index (χ3n) is 4.83. The lowest BCUT2D eigenvalue weighted by molar-refractivity contribution is -0.0180. The number of amides is 1. The zero-order chi connectivity index (χ0) is 18.0. The number of methoxy groups -OCH3 is 1. The molecule has 132 valence electrons. The second-order valence-corrected chi connectivity index (χ2v) is 6.40. The Bertz CT molecular complexity index is 758. The number of aliphatic hydroxyl groups is 1. The highest BCUT2D eigenvalue weighted by Gasteiger charge is 2.43. The number of carbonyl (C=O) groups excluding carboxylic acids is 1. The second-order valence-electron chi connectivity index (χ2n) is 6.40. The third kappa shape index (κ3) is 3.17. The molecule has 1 amide bonds. The van der Waals surface area contributed by atoms with Gasteiger partial charge in [0.05, 0.1) is 13.2 Å². The van der Waals surface area contributed by atoms with Crippen molar-refractivity contribution in [1.29, 1.82) is 0 Å². The molecular weight excluding hydrogens is 320 g/mol. The van der Waals surface area contributed by atoms with Gasteiger partial charge in [-0.15, -0.1) is 0 Å². The van der Waals surface area contributed by atoms with Crippen molar-refractivity contribution in [1.82, 2.24) is 9.88 Å². The fourth-order valence-corrected chi connectivity index (χ4v) is 3.41. The van der Waals surface area contributed by atoms with Gasteiger partial charge in [-0.1, -0.05) is 12.1 Å². The molecule has 3 rings (SSSR count). The number of hydrogen-bond donors (Lipinski definition) is 2. The summed E-state index contributed by atoms with van der Waals surface area (Å²) < 4.78 is 5.16. The maximum absolute atomic E-state index is 12.8. The van der Waals surface area contributed by atoms with Crippen molar-refractivity contribution in [2.75, 3.05) is 13.7 Å². The number of carbonyl (C=O) groups is 1. The first-order valence-corrected chi connectivity index (χ1v) is 8.27. The summed E-state index contributed by atoms with van der Waals surface area (Å²) in [6, 6.07) is 9.80. The van der Waals surface area contributed by atoms with Crippen LogP contribution in [0.4, 0.5) is 0 Å². The Morgan fingerprint density at radius 3 is 2.68 bits per heavy atom. The van der Waals surface area contributed by atoms with Crippen molar-refractivity contribution < 1.29 is 19.7 Å². The molecule has 6 heteroatoms. The Kier molecular flexibility index (Phi) is 4.63. The standard InChI is InChI=1S/C19H22N2O4/c1-19(24,13-7-9-14(25-2)10-8-13)16-6-4-12-21(16)18(23)17-15(22)5-3-11-20-17/h3,5,7-11,16,22,24H,4,6,12H2,1-2H3/t16-,19+/m0/s1. The van der Waals surface area contributed by atoms with Gasteiger partial charge in [0.15, 0.2) is 5.69 Å². The molecule has 1 aliphatic heterocycles. The van der Waals surface area contributed by atoms with Gasteiger partial charge in [0.1, 0.15) is 17.1 Å². The molecule has 1 aliphatic rings. The van der Waals surface area contributed by atoms with Crippen LogP contribution in [0.25, 0.3) is 0 Å². The number of aromatic nitrogens is 1. The zero-order valence-electron chi connectivity index (χ0n) is 14.3. The van der Waals surface area contributed by atoms with Crippen molar-refractivity contribution in [3.63, 3.8) is 0 Å². The maximum Gasteiger partial charge on any atom is 0.276 e. The molecule has 25 heavy (non-hydrogen) atoms. The van der Waals surface area contributed by atoms with Crippen molar-refractivity contribution in [2.24, 2.45) is 0 Å². The Morgan fingerprint density at radius 1 is 1.32 bits per heavy atom. The van der Waals surface area contributed by atoms with E-state index in [0.717, 1.165) is 6.42 Å². The van der Waals surface area contributed by atoms with Gasteiger partial charge in [0.25, 0.3) is 5.91 Å². The van der Waals surface area contributed by atoms with Gasteiger partial charge in [-0.2, -0.15) is 0 Å². The largest absolute Gasteiger partial charge is 0.505 e. The van der Waals surface area contributed by atoms with E-state index in [1.165, 1.54) is 12.3 Å². The van der Waals surface area contributed by atoms with E-state index in [-0.39, 0.29) is 17.4 Å². The normalized spacial score (nSPS) is 19.5. The van der Waals surface area contributed by atoms with E-state index in [1.807, 2.05) is 0 Å². The summed E-state index contributed by atoms with van der Waals surface area (Å²) in [4.78, 5) is 18.4. The molecule has 0 radical (unpaired) electrons. The highest BCUT2D eigenvalue weighted by Crippen LogP contribution is 2.36. The van der Waals surface area contributed by atoms with E-state index in [1.54, 1.807) is 49.3 Å². The van der Waals surface area contributed by atoms with Crippen molar-refractivity contribution in [2.45, 2.75) is 31.4 Å². The van der Waals surface area contributed by atoms with Crippen LogP contribution >= 0.6 is 0 Å². The Balaban J connectivity index is 1.89. The van der Waals surface area contributed by atoms with Crippen molar-refractivity contribution >= 4 is 5.91 Å². The molecule has 0 aliphatic carbocycles. The molecule has 2 atom stereocenters. The predicted molar refractivity (Wildman–Crippen MR) is 92.5 cm³/mol. The molecule has 0 bridgehead atoms. The number of rotatable bonds is 4. The van der Waals surface area contributed by atoms with Gasteiger partial charge >= 0.3 is 0 Å². The van der Waals surface area contributed by atoms with Crippen molar-refractivity contribution in [3.8, 4) is 11.5 Å². The number of ether oxygens (including phenoxy) is 1. The number of nitrogens with zero attached hydrogens (tertiary/aromatic N) is 2. The first-order valence-electron chi connectivity index (χ1n) is 8.27. The van der Waals surface area contributed by atoms with Gasteiger partial charge in [-0.25, -0.2) is 4.98 Å². The predicted octanol–water partition coefficient (Wildman–Crippen LogP) is 2.31. The van der Waals surface area contributed by atoms with E-state index < -0.39 is 11.6 Å². The smallest absolute Gasteiger partial charge is 0.276 e. The summed E-state index contributed by atoms with van der Waals surface area (Å²) in [6.45, 7) is 2.23. The second kappa shape index (κ2) is 6.72. The van der Waals surface area contributed by atoms with Crippen LogP contribution in [-0.2, 0) is 5.60 Å². The average molecular weight is 342 g/mol. The molecule has 1 aromatic heterocycles. The number of aromatic hydroxyl groups is 1. The molecule has 1 aromatic carbocycles. The Morgan fingerprint density at radius 2 is 2.04 bits per heavy atom. The summed E-state index contributed by atoms with van der Waals surface area (Å²) in [6.07, 6.45) is 2.94. The molecule has 2 heterocycles. The van der Waals surface area contributed by atoms with Gasteiger partial charge < -0.3 is 19.8 Å². The number of pyridine rings is 1. The van der Waals surface area contributed by atoms with Crippen LogP contribution in [-0.4, -0.2) is 45.7 Å². The molecule has 1 saturated heterocycles. The van der Waals surface area contributed by atoms with E-state index in [0.29, 0.717) is 24.3 Å². The van der Waals surface area contributed by atoms with Crippen LogP contribution in [0.15, 0.2) is 42.6 Å². The van der Waals surface area contributed by atoms with Crippen molar-refractivity contribution in [3.05, 3.63) is 53.9 Å². The maximum atomic E-state index is 12.8. The van der Waals surface area contributed by atoms with Crippen LogP contribution in [0.1, 0.15) is 35.8 Å². The SMILES string of the molecule is COc1ccc([C@@](C)(O)[C@@H]2CCCN2C(=O)c2ncccc2O)cc1. The van der Waals surface area contributed by atoms with Gasteiger partial charge in [0, 0.05) is 12.7 Å². The number of hydrogen-bond acceptors (Lipinski definition) is 5. The molecular formula is C19H22N2O4. The molecule has 0 unspecified atom stereocenters. The highest BCUT2D eigenvalue weighted by molar-refractivity contribution is 5.95. The molecule has 6 nitrogen and oxygen atoms in total.